The van der Waals surface area contributed by atoms with Crippen LogP contribution in [0.2, 0.25) is 0 Å². The second kappa shape index (κ2) is 3.82. The SMILES string of the molecule is CN(C)NC(=O)C(C)(C)C(N)=S. The van der Waals surface area contributed by atoms with E-state index < -0.39 is 5.41 Å². The first-order chi connectivity index (χ1) is 5.28. The summed E-state index contributed by atoms with van der Waals surface area (Å²) in [6, 6.07) is 0. The molecule has 5 heteroatoms. The van der Waals surface area contributed by atoms with Crippen LogP contribution in [0.3, 0.4) is 0 Å². The second-order valence-corrected chi connectivity index (χ2v) is 3.76. The lowest BCUT2D eigenvalue weighted by atomic mass is 9.93. The number of hydrogen-bond acceptors (Lipinski definition) is 3. The van der Waals surface area contributed by atoms with Gasteiger partial charge in [0.1, 0.15) is 0 Å². The van der Waals surface area contributed by atoms with E-state index in [1.54, 1.807) is 33.0 Å². The molecule has 0 fully saturated rings. The molecular weight excluding hydrogens is 174 g/mol. The fourth-order valence-electron chi connectivity index (χ4n) is 0.455. The summed E-state index contributed by atoms with van der Waals surface area (Å²) in [6.07, 6.45) is 0. The molecule has 70 valence electrons. The Labute approximate surface area is 78.1 Å². The number of thiocarbonyl (C=S) groups is 1. The third kappa shape index (κ3) is 2.75. The van der Waals surface area contributed by atoms with E-state index in [1.807, 2.05) is 0 Å². The van der Waals surface area contributed by atoms with Crippen molar-refractivity contribution in [2.75, 3.05) is 14.1 Å². The fraction of sp³-hybridized carbons (Fsp3) is 0.714. The summed E-state index contributed by atoms with van der Waals surface area (Å²) in [4.78, 5) is 11.6. The van der Waals surface area contributed by atoms with Crippen molar-refractivity contribution in [3.05, 3.63) is 0 Å². The lowest BCUT2D eigenvalue weighted by Gasteiger charge is -2.24. The highest BCUT2D eigenvalue weighted by Gasteiger charge is 2.30. The normalized spacial score (nSPS) is 11.4. The van der Waals surface area contributed by atoms with Crippen molar-refractivity contribution in [3.8, 4) is 0 Å². The quantitative estimate of drug-likeness (QED) is 0.480. The van der Waals surface area contributed by atoms with Crippen LogP contribution >= 0.6 is 12.2 Å². The molecule has 0 aromatic rings. The smallest absolute Gasteiger partial charge is 0.246 e. The maximum Gasteiger partial charge on any atom is 0.246 e. The van der Waals surface area contributed by atoms with E-state index in [0.717, 1.165) is 0 Å². The molecule has 0 aliphatic heterocycles. The number of rotatable bonds is 3. The number of carbonyl (C=O) groups is 1. The largest absolute Gasteiger partial charge is 0.392 e. The molecule has 0 aromatic heterocycles. The van der Waals surface area contributed by atoms with Gasteiger partial charge in [-0.3, -0.25) is 10.2 Å². The summed E-state index contributed by atoms with van der Waals surface area (Å²) in [5, 5.41) is 1.56. The number of nitrogens with two attached hydrogens (primary N) is 1. The summed E-state index contributed by atoms with van der Waals surface area (Å²) < 4.78 is 0. The number of hydrazine groups is 1. The predicted molar refractivity (Wildman–Crippen MR) is 52.4 cm³/mol. The molecule has 0 aliphatic rings. The maximum atomic E-state index is 11.4. The second-order valence-electron chi connectivity index (χ2n) is 3.32. The van der Waals surface area contributed by atoms with E-state index in [4.69, 9.17) is 18.0 Å². The van der Waals surface area contributed by atoms with Crippen LogP contribution in [0.15, 0.2) is 0 Å². The first-order valence-electron chi connectivity index (χ1n) is 3.56. The molecule has 1 amide bonds. The van der Waals surface area contributed by atoms with Crippen LogP contribution in [0.25, 0.3) is 0 Å². The molecule has 3 N–H and O–H groups in total. The molecule has 0 aliphatic carbocycles. The van der Waals surface area contributed by atoms with Crippen LogP contribution in [-0.2, 0) is 4.79 Å². The molecule has 0 saturated heterocycles. The molecule has 0 atom stereocenters. The van der Waals surface area contributed by atoms with Gasteiger partial charge in [0, 0.05) is 14.1 Å². The highest BCUT2D eigenvalue weighted by atomic mass is 32.1. The maximum absolute atomic E-state index is 11.4. The summed E-state index contributed by atoms with van der Waals surface area (Å²) >= 11 is 4.76. The standard InChI is InChI=1S/C7H15N3OS/c1-7(2,5(8)12)6(11)9-10(3)4/h1-4H3,(H2,8,12)(H,9,11). The Morgan fingerprint density at radius 3 is 2.17 bits per heavy atom. The Hall–Kier alpha value is -0.680. The van der Waals surface area contributed by atoms with Crippen LogP contribution in [0.1, 0.15) is 13.8 Å². The van der Waals surface area contributed by atoms with Crippen LogP contribution in [0.4, 0.5) is 0 Å². The topological polar surface area (TPSA) is 58.4 Å². The molecule has 0 bridgehead atoms. The van der Waals surface area contributed by atoms with Crippen molar-refractivity contribution in [2.45, 2.75) is 13.8 Å². The van der Waals surface area contributed by atoms with Gasteiger partial charge >= 0.3 is 0 Å². The molecule has 0 heterocycles. The van der Waals surface area contributed by atoms with Gasteiger partial charge in [0.15, 0.2) is 0 Å². The van der Waals surface area contributed by atoms with E-state index in [1.165, 1.54) is 0 Å². The van der Waals surface area contributed by atoms with Gasteiger partial charge in [-0.25, -0.2) is 5.01 Å². The third-order valence-electron chi connectivity index (χ3n) is 1.51. The Kier molecular flexibility index (Phi) is 3.60. The van der Waals surface area contributed by atoms with Crippen LogP contribution in [-0.4, -0.2) is 30.0 Å². The zero-order valence-corrected chi connectivity index (χ0v) is 8.66. The van der Waals surface area contributed by atoms with Crippen LogP contribution < -0.4 is 11.2 Å². The molecule has 0 unspecified atom stereocenters. The van der Waals surface area contributed by atoms with Gasteiger partial charge in [0.2, 0.25) is 5.91 Å². The van der Waals surface area contributed by atoms with Crippen molar-refractivity contribution >= 4 is 23.1 Å². The lowest BCUT2D eigenvalue weighted by molar-refractivity contribution is -0.130. The molecule has 0 aromatic carbocycles. The molecule has 0 spiro atoms. The molecule has 0 rings (SSSR count). The third-order valence-corrected chi connectivity index (χ3v) is 2.02. The molecule has 4 nitrogen and oxygen atoms in total. The Balaban J connectivity index is 4.36. The molecule has 0 radical (unpaired) electrons. The summed E-state index contributed by atoms with van der Waals surface area (Å²) in [5.41, 5.74) is 7.20. The van der Waals surface area contributed by atoms with Crippen molar-refractivity contribution < 1.29 is 4.79 Å². The Morgan fingerprint density at radius 2 is 1.92 bits per heavy atom. The first kappa shape index (κ1) is 11.3. The summed E-state index contributed by atoms with van der Waals surface area (Å²) in [5.74, 6) is -0.194. The summed E-state index contributed by atoms with van der Waals surface area (Å²) in [6.45, 7) is 3.38. The number of hydrogen-bond donors (Lipinski definition) is 2. The number of amides is 1. The Morgan fingerprint density at radius 1 is 1.50 bits per heavy atom. The predicted octanol–water partition coefficient (Wildman–Crippen LogP) is -0.108. The monoisotopic (exact) mass is 189 g/mol. The van der Waals surface area contributed by atoms with E-state index in [9.17, 15) is 4.79 Å². The zero-order chi connectivity index (χ0) is 9.94. The van der Waals surface area contributed by atoms with Gasteiger partial charge in [-0.05, 0) is 13.8 Å². The van der Waals surface area contributed by atoms with Gasteiger partial charge in [-0.15, -0.1) is 0 Å². The number of nitrogens with zero attached hydrogens (tertiary/aromatic N) is 1. The average molecular weight is 189 g/mol. The van der Waals surface area contributed by atoms with E-state index >= 15 is 0 Å². The van der Waals surface area contributed by atoms with Crippen molar-refractivity contribution in [1.82, 2.24) is 10.4 Å². The Bertz CT molecular complexity index is 201. The van der Waals surface area contributed by atoms with Crippen molar-refractivity contribution in [2.24, 2.45) is 11.1 Å². The number of carbonyl (C=O) groups excluding carboxylic acids is 1. The lowest BCUT2D eigenvalue weighted by Crippen LogP contribution is -2.49. The van der Waals surface area contributed by atoms with Gasteiger partial charge < -0.3 is 5.73 Å². The van der Waals surface area contributed by atoms with Gasteiger partial charge in [-0.1, -0.05) is 12.2 Å². The zero-order valence-electron chi connectivity index (χ0n) is 7.84. The van der Waals surface area contributed by atoms with Crippen molar-refractivity contribution in [1.29, 1.82) is 0 Å². The minimum Gasteiger partial charge on any atom is -0.392 e. The highest BCUT2D eigenvalue weighted by Crippen LogP contribution is 2.14. The molecular formula is C7H15N3OS. The van der Waals surface area contributed by atoms with Gasteiger partial charge in [0.05, 0.1) is 10.4 Å². The average Bonchev–Trinajstić information content (AvgIpc) is 1.85. The van der Waals surface area contributed by atoms with Crippen LogP contribution in [0.5, 0.6) is 0 Å². The molecule has 0 saturated carbocycles. The van der Waals surface area contributed by atoms with Gasteiger partial charge in [-0.2, -0.15) is 0 Å². The minimum absolute atomic E-state index is 0.194. The first-order valence-corrected chi connectivity index (χ1v) is 3.97. The fourth-order valence-corrected chi connectivity index (χ4v) is 0.547. The van der Waals surface area contributed by atoms with Crippen LogP contribution in [0, 0.1) is 5.41 Å². The van der Waals surface area contributed by atoms with Gasteiger partial charge in [0.25, 0.3) is 0 Å². The van der Waals surface area contributed by atoms with Crippen molar-refractivity contribution in [3.63, 3.8) is 0 Å². The number of nitrogens with one attached hydrogen (secondary N) is 1. The highest BCUT2D eigenvalue weighted by molar-refractivity contribution is 7.80. The molecule has 12 heavy (non-hydrogen) atoms. The van der Waals surface area contributed by atoms with E-state index in [0.29, 0.717) is 0 Å². The van der Waals surface area contributed by atoms with E-state index in [-0.39, 0.29) is 10.9 Å². The van der Waals surface area contributed by atoms with E-state index in [2.05, 4.69) is 5.43 Å². The minimum atomic E-state index is -0.792. The summed E-state index contributed by atoms with van der Waals surface area (Å²) in [7, 11) is 3.46.